The molecule has 0 aliphatic rings. The van der Waals surface area contributed by atoms with Gasteiger partial charge in [-0.1, -0.05) is 18.2 Å². The molecule has 21 heavy (non-hydrogen) atoms. The first-order valence-corrected chi connectivity index (χ1v) is 8.09. The second-order valence-corrected chi connectivity index (χ2v) is 7.27. The quantitative estimate of drug-likeness (QED) is 0.698. The van der Waals surface area contributed by atoms with Gasteiger partial charge in [-0.05, 0) is 57.7 Å². The normalized spacial score (nSPS) is 11.2. The highest BCUT2D eigenvalue weighted by Gasteiger charge is 2.11. The van der Waals surface area contributed by atoms with E-state index in [4.69, 9.17) is 0 Å². The van der Waals surface area contributed by atoms with E-state index in [-0.39, 0.29) is 0 Å². The van der Waals surface area contributed by atoms with Crippen molar-refractivity contribution in [2.45, 2.75) is 13.1 Å². The number of aromatic nitrogens is 4. The summed E-state index contributed by atoms with van der Waals surface area (Å²) in [6, 6.07) is 14.1. The van der Waals surface area contributed by atoms with E-state index < -0.39 is 0 Å². The van der Waals surface area contributed by atoms with Crippen molar-refractivity contribution in [2.24, 2.45) is 0 Å². The first kappa shape index (κ1) is 14.4. The average molecular weight is 364 g/mol. The van der Waals surface area contributed by atoms with Crippen LogP contribution in [0, 0.1) is 0 Å². The van der Waals surface area contributed by atoms with Crippen LogP contribution in [0.4, 0.5) is 0 Å². The zero-order valence-electron chi connectivity index (χ0n) is 11.5. The van der Waals surface area contributed by atoms with Crippen molar-refractivity contribution in [1.29, 1.82) is 0 Å². The zero-order valence-corrected chi connectivity index (χ0v) is 13.9. The SMILES string of the molecule is CN(Cc1ccc(Br)s1)Cc1nnnn1-c1ccccc1. The molecule has 3 aromatic rings. The first-order valence-electron chi connectivity index (χ1n) is 6.48. The highest BCUT2D eigenvalue weighted by molar-refractivity contribution is 9.11. The first-order chi connectivity index (χ1) is 10.2. The van der Waals surface area contributed by atoms with Gasteiger partial charge in [0.1, 0.15) is 0 Å². The van der Waals surface area contributed by atoms with Gasteiger partial charge < -0.3 is 0 Å². The number of rotatable bonds is 5. The van der Waals surface area contributed by atoms with Crippen LogP contribution in [-0.2, 0) is 13.1 Å². The lowest BCUT2D eigenvalue weighted by Crippen LogP contribution is -2.19. The minimum absolute atomic E-state index is 0.692. The maximum Gasteiger partial charge on any atom is 0.170 e. The second-order valence-electron chi connectivity index (χ2n) is 4.72. The summed E-state index contributed by atoms with van der Waals surface area (Å²) in [5, 5.41) is 12.0. The molecule has 0 spiro atoms. The number of thiophene rings is 1. The van der Waals surface area contributed by atoms with Crippen molar-refractivity contribution in [2.75, 3.05) is 7.05 Å². The van der Waals surface area contributed by atoms with Gasteiger partial charge in [0.05, 0.1) is 16.0 Å². The molecule has 0 saturated carbocycles. The number of hydrogen-bond acceptors (Lipinski definition) is 5. The van der Waals surface area contributed by atoms with Gasteiger partial charge in [-0.25, -0.2) is 0 Å². The fourth-order valence-corrected chi connectivity index (χ4v) is 3.64. The van der Waals surface area contributed by atoms with Gasteiger partial charge in [0, 0.05) is 11.4 Å². The van der Waals surface area contributed by atoms with Gasteiger partial charge in [0.2, 0.25) is 0 Å². The molecule has 0 atom stereocenters. The number of halogens is 1. The number of nitrogens with zero attached hydrogens (tertiary/aromatic N) is 5. The Hall–Kier alpha value is -1.57. The lowest BCUT2D eigenvalue weighted by Gasteiger charge is -2.14. The van der Waals surface area contributed by atoms with Gasteiger partial charge in [0.15, 0.2) is 5.82 Å². The van der Waals surface area contributed by atoms with E-state index >= 15 is 0 Å². The fourth-order valence-electron chi connectivity index (χ4n) is 2.07. The molecule has 0 bridgehead atoms. The van der Waals surface area contributed by atoms with Crippen LogP contribution in [0.2, 0.25) is 0 Å². The van der Waals surface area contributed by atoms with Crippen molar-refractivity contribution >= 4 is 27.3 Å². The predicted octanol–water partition coefficient (Wildman–Crippen LogP) is 3.12. The van der Waals surface area contributed by atoms with Crippen LogP contribution in [-0.4, -0.2) is 32.2 Å². The summed E-state index contributed by atoms with van der Waals surface area (Å²) in [4.78, 5) is 3.51. The Bertz CT molecular complexity index is 709. The van der Waals surface area contributed by atoms with Crippen LogP contribution in [0.25, 0.3) is 5.69 Å². The smallest absolute Gasteiger partial charge is 0.170 e. The molecule has 0 amide bonds. The van der Waals surface area contributed by atoms with Crippen LogP contribution in [0.15, 0.2) is 46.3 Å². The van der Waals surface area contributed by atoms with Gasteiger partial charge in [-0.15, -0.1) is 16.4 Å². The Labute approximate surface area is 135 Å². The molecular weight excluding hydrogens is 350 g/mol. The van der Waals surface area contributed by atoms with Crippen LogP contribution in [0.1, 0.15) is 10.7 Å². The Morgan fingerprint density at radius 1 is 1.14 bits per heavy atom. The number of benzene rings is 1. The van der Waals surface area contributed by atoms with E-state index in [0.29, 0.717) is 6.54 Å². The Morgan fingerprint density at radius 2 is 1.95 bits per heavy atom. The summed E-state index contributed by atoms with van der Waals surface area (Å²) in [5.74, 6) is 0.833. The largest absolute Gasteiger partial charge is 0.294 e. The third-order valence-electron chi connectivity index (χ3n) is 3.00. The Kier molecular flexibility index (Phi) is 4.42. The van der Waals surface area contributed by atoms with Gasteiger partial charge in [-0.3, -0.25) is 4.90 Å². The molecule has 0 N–H and O–H groups in total. The highest BCUT2D eigenvalue weighted by Crippen LogP contribution is 2.23. The molecule has 0 aliphatic carbocycles. The van der Waals surface area contributed by atoms with Gasteiger partial charge >= 0.3 is 0 Å². The predicted molar refractivity (Wildman–Crippen MR) is 86.3 cm³/mol. The van der Waals surface area contributed by atoms with Crippen LogP contribution in [0.5, 0.6) is 0 Å². The summed E-state index contributed by atoms with van der Waals surface area (Å²) in [6.07, 6.45) is 0. The third kappa shape index (κ3) is 3.55. The van der Waals surface area contributed by atoms with E-state index in [0.717, 1.165) is 21.8 Å². The van der Waals surface area contributed by atoms with Crippen molar-refractivity contribution in [3.63, 3.8) is 0 Å². The minimum Gasteiger partial charge on any atom is -0.294 e. The van der Waals surface area contributed by atoms with Crippen LogP contribution in [0.3, 0.4) is 0 Å². The van der Waals surface area contributed by atoms with E-state index in [1.54, 1.807) is 16.0 Å². The molecule has 2 aromatic heterocycles. The monoisotopic (exact) mass is 363 g/mol. The number of para-hydroxylation sites is 1. The van der Waals surface area contributed by atoms with Crippen molar-refractivity contribution < 1.29 is 0 Å². The van der Waals surface area contributed by atoms with Crippen LogP contribution >= 0.6 is 27.3 Å². The summed E-state index contributed by atoms with van der Waals surface area (Å²) >= 11 is 5.23. The molecule has 0 saturated heterocycles. The second kappa shape index (κ2) is 6.46. The Morgan fingerprint density at radius 3 is 2.67 bits per heavy atom. The third-order valence-corrected chi connectivity index (χ3v) is 4.61. The number of tetrazole rings is 1. The molecule has 7 heteroatoms. The molecule has 0 unspecified atom stereocenters. The molecule has 0 fully saturated rings. The summed E-state index contributed by atoms with van der Waals surface area (Å²) in [5.41, 5.74) is 0.977. The highest BCUT2D eigenvalue weighted by atomic mass is 79.9. The molecule has 1 aromatic carbocycles. The standard InChI is InChI=1S/C14H14BrN5S/c1-19(9-12-7-8-13(15)21-12)10-14-16-17-18-20(14)11-5-3-2-4-6-11/h2-8H,9-10H2,1H3. The van der Waals surface area contributed by atoms with E-state index in [1.165, 1.54) is 4.88 Å². The lowest BCUT2D eigenvalue weighted by atomic mass is 10.3. The van der Waals surface area contributed by atoms with Crippen molar-refractivity contribution in [3.05, 3.63) is 57.0 Å². The van der Waals surface area contributed by atoms with E-state index in [1.807, 2.05) is 30.3 Å². The molecule has 2 heterocycles. The van der Waals surface area contributed by atoms with Crippen molar-refractivity contribution in [3.8, 4) is 5.69 Å². The van der Waals surface area contributed by atoms with Gasteiger partial charge in [-0.2, -0.15) is 4.68 Å². The molecular formula is C14H14BrN5S. The summed E-state index contributed by atoms with van der Waals surface area (Å²) in [7, 11) is 2.07. The maximum atomic E-state index is 4.13. The summed E-state index contributed by atoms with van der Waals surface area (Å²) in [6.45, 7) is 1.56. The van der Waals surface area contributed by atoms with E-state index in [9.17, 15) is 0 Å². The molecule has 108 valence electrons. The van der Waals surface area contributed by atoms with Gasteiger partial charge in [0.25, 0.3) is 0 Å². The maximum absolute atomic E-state index is 4.13. The minimum atomic E-state index is 0.692. The zero-order chi connectivity index (χ0) is 14.7. The average Bonchev–Trinajstić information content (AvgIpc) is 3.09. The number of hydrogen-bond donors (Lipinski definition) is 0. The fraction of sp³-hybridized carbons (Fsp3) is 0.214. The molecule has 3 rings (SSSR count). The van der Waals surface area contributed by atoms with Crippen LogP contribution < -0.4 is 0 Å². The summed E-state index contributed by atoms with van der Waals surface area (Å²) < 4.78 is 2.93. The molecule has 0 aliphatic heterocycles. The van der Waals surface area contributed by atoms with E-state index in [2.05, 4.69) is 55.5 Å². The molecule has 5 nitrogen and oxygen atoms in total. The lowest BCUT2D eigenvalue weighted by molar-refractivity contribution is 0.310. The Balaban J connectivity index is 1.72. The molecule has 0 radical (unpaired) electrons. The topological polar surface area (TPSA) is 46.8 Å². The van der Waals surface area contributed by atoms with Crippen molar-refractivity contribution in [1.82, 2.24) is 25.1 Å².